The molecule has 32 heavy (non-hydrogen) atoms. The molecule has 2 heterocycles. The maximum atomic E-state index is 12.4. The molecule has 0 aliphatic rings. The SMILES string of the molecule is Nc1nc(N)c2nc(CCc3ccc(C(=O)C[C@@H](CCC(=O)O)C(=O)O)cc3)cnc2n1. The first kappa shape index (κ1) is 22.5. The fourth-order valence-electron chi connectivity index (χ4n) is 3.19. The van der Waals surface area contributed by atoms with Gasteiger partial charge >= 0.3 is 11.9 Å². The Labute approximate surface area is 182 Å². The van der Waals surface area contributed by atoms with E-state index in [1.165, 1.54) is 0 Å². The average molecular weight is 438 g/mol. The molecule has 3 rings (SSSR count). The van der Waals surface area contributed by atoms with Gasteiger partial charge in [0.1, 0.15) is 0 Å². The molecule has 0 aliphatic heterocycles. The van der Waals surface area contributed by atoms with Gasteiger partial charge in [0.25, 0.3) is 0 Å². The van der Waals surface area contributed by atoms with Crippen LogP contribution < -0.4 is 11.5 Å². The molecule has 3 aromatic rings. The zero-order valence-corrected chi connectivity index (χ0v) is 17.1. The van der Waals surface area contributed by atoms with Crippen LogP contribution in [0, 0.1) is 5.92 Å². The highest BCUT2D eigenvalue weighted by Gasteiger charge is 2.22. The number of aliphatic carboxylic acids is 2. The molecule has 0 saturated carbocycles. The summed E-state index contributed by atoms with van der Waals surface area (Å²) in [5, 5.41) is 18.0. The van der Waals surface area contributed by atoms with Gasteiger partial charge in [-0.1, -0.05) is 24.3 Å². The number of carboxylic acid groups (broad SMARTS) is 2. The molecule has 166 valence electrons. The average Bonchev–Trinajstić information content (AvgIpc) is 2.75. The van der Waals surface area contributed by atoms with E-state index in [2.05, 4.69) is 19.9 Å². The number of ketones is 1. The monoisotopic (exact) mass is 438 g/mol. The minimum absolute atomic E-state index is 0.0308. The molecule has 0 bridgehead atoms. The van der Waals surface area contributed by atoms with E-state index in [0.717, 1.165) is 5.56 Å². The van der Waals surface area contributed by atoms with Crippen LogP contribution in [0.4, 0.5) is 11.8 Å². The van der Waals surface area contributed by atoms with Gasteiger partial charge in [0.05, 0.1) is 17.8 Å². The van der Waals surface area contributed by atoms with E-state index >= 15 is 0 Å². The summed E-state index contributed by atoms with van der Waals surface area (Å²) in [6, 6.07) is 6.84. The lowest BCUT2D eigenvalue weighted by Gasteiger charge is -2.10. The molecule has 0 amide bonds. The molecule has 1 aromatic carbocycles. The molecule has 6 N–H and O–H groups in total. The first-order valence-corrected chi connectivity index (χ1v) is 9.84. The smallest absolute Gasteiger partial charge is 0.306 e. The Balaban J connectivity index is 1.62. The summed E-state index contributed by atoms with van der Waals surface area (Å²) in [6.07, 6.45) is 2.14. The Morgan fingerprint density at radius 3 is 2.34 bits per heavy atom. The summed E-state index contributed by atoms with van der Waals surface area (Å²) in [4.78, 5) is 50.9. The number of aryl methyl sites for hydroxylation is 2. The second-order valence-corrected chi connectivity index (χ2v) is 7.29. The van der Waals surface area contributed by atoms with E-state index < -0.39 is 17.9 Å². The molecule has 11 nitrogen and oxygen atoms in total. The molecule has 2 aromatic heterocycles. The standard InChI is InChI=1S/C21H22N6O5/c22-18-17-19(27-21(23)26-18)24-10-14(25-17)7-3-11-1-4-12(5-2-11)15(28)9-13(20(31)32)6-8-16(29)30/h1-2,4-5,10,13H,3,6-9H2,(H,29,30)(H,31,32)(H4,22,23,24,26,27)/t13-/m1/s1. The van der Waals surface area contributed by atoms with E-state index in [9.17, 15) is 19.5 Å². The van der Waals surface area contributed by atoms with Crippen LogP contribution in [0.5, 0.6) is 0 Å². The normalized spacial score (nSPS) is 11.9. The van der Waals surface area contributed by atoms with Gasteiger partial charge < -0.3 is 21.7 Å². The van der Waals surface area contributed by atoms with Crippen LogP contribution in [0.25, 0.3) is 11.2 Å². The number of carbonyl (C=O) groups excluding carboxylic acids is 1. The number of carboxylic acids is 2. The molecule has 0 saturated heterocycles. The van der Waals surface area contributed by atoms with Gasteiger partial charge in [0.15, 0.2) is 22.8 Å². The highest BCUT2D eigenvalue weighted by Crippen LogP contribution is 2.18. The van der Waals surface area contributed by atoms with Gasteiger partial charge in [-0.2, -0.15) is 9.97 Å². The van der Waals surface area contributed by atoms with Crippen LogP contribution in [0.1, 0.15) is 40.9 Å². The Bertz CT molecular complexity index is 1170. The number of rotatable bonds is 10. The Morgan fingerprint density at radius 1 is 0.969 bits per heavy atom. The quantitative estimate of drug-likeness (QED) is 0.335. The van der Waals surface area contributed by atoms with Crippen LogP contribution in [-0.2, 0) is 22.4 Å². The van der Waals surface area contributed by atoms with Gasteiger partial charge in [-0.25, -0.2) is 9.97 Å². The third-order valence-electron chi connectivity index (χ3n) is 4.93. The predicted octanol–water partition coefficient (Wildman–Crippen LogP) is 1.51. The predicted molar refractivity (Wildman–Crippen MR) is 115 cm³/mol. The lowest BCUT2D eigenvalue weighted by molar-refractivity contribution is -0.142. The molecule has 0 unspecified atom stereocenters. The molecule has 1 atom stereocenters. The van der Waals surface area contributed by atoms with Crippen molar-refractivity contribution in [3.8, 4) is 0 Å². The maximum absolute atomic E-state index is 12.4. The molecular formula is C21H22N6O5. The van der Waals surface area contributed by atoms with E-state index in [1.54, 1.807) is 30.5 Å². The lowest BCUT2D eigenvalue weighted by atomic mass is 9.93. The summed E-state index contributed by atoms with van der Waals surface area (Å²) in [7, 11) is 0. The number of nitrogens with zero attached hydrogens (tertiary/aromatic N) is 4. The molecule has 0 radical (unpaired) electrons. The van der Waals surface area contributed by atoms with Crippen LogP contribution in [-0.4, -0.2) is 47.9 Å². The fraction of sp³-hybridized carbons (Fsp3) is 0.286. The van der Waals surface area contributed by atoms with Crippen molar-refractivity contribution in [1.29, 1.82) is 0 Å². The number of carbonyl (C=O) groups is 3. The van der Waals surface area contributed by atoms with Crippen molar-refractivity contribution in [3.05, 3.63) is 47.3 Å². The summed E-state index contributed by atoms with van der Waals surface area (Å²) in [5.74, 6) is -3.46. The zero-order valence-electron chi connectivity index (χ0n) is 17.1. The highest BCUT2D eigenvalue weighted by molar-refractivity contribution is 5.98. The largest absolute Gasteiger partial charge is 0.481 e. The molecule has 0 aliphatic carbocycles. The molecule has 11 heteroatoms. The van der Waals surface area contributed by atoms with Gasteiger partial charge in [-0.15, -0.1) is 0 Å². The van der Waals surface area contributed by atoms with Crippen LogP contribution in [0.3, 0.4) is 0 Å². The van der Waals surface area contributed by atoms with Crippen molar-refractivity contribution >= 4 is 40.7 Å². The summed E-state index contributed by atoms with van der Waals surface area (Å²) in [5.41, 5.74) is 14.1. The fourth-order valence-corrected chi connectivity index (χ4v) is 3.19. The lowest BCUT2D eigenvalue weighted by Crippen LogP contribution is -2.19. The van der Waals surface area contributed by atoms with Crippen molar-refractivity contribution in [2.45, 2.75) is 32.1 Å². The van der Waals surface area contributed by atoms with E-state index in [1.807, 2.05) is 0 Å². The molecule has 0 fully saturated rings. The van der Waals surface area contributed by atoms with Crippen LogP contribution in [0.15, 0.2) is 30.5 Å². The number of benzene rings is 1. The van der Waals surface area contributed by atoms with Gasteiger partial charge in [0, 0.05) is 18.4 Å². The minimum Gasteiger partial charge on any atom is -0.481 e. The number of nitrogens with two attached hydrogens (primary N) is 2. The third kappa shape index (κ3) is 5.72. The topological polar surface area (TPSA) is 195 Å². The Kier molecular flexibility index (Phi) is 6.88. The van der Waals surface area contributed by atoms with Crippen LogP contribution >= 0.6 is 0 Å². The number of Topliss-reactive ketones (excluding diaryl/α,β-unsaturated/α-hetero) is 1. The van der Waals surface area contributed by atoms with E-state index in [4.69, 9.17) is 16.6 Å². The first-order valence-electron chi connectivity index (χ1n) is 9.84. The molecular weight excluding hydrogens is 416 g/mol. The van der Waals surface area contributed by atoms with E-state index in [-0.39, 0.29) is 36.8 Å². The summed E-state index contributed by atoms with van der Waals surface area (Å²) in [6.45, 7) is 0. The highest BCUT2D eigenvalue weighted by atomic mass is 16.4. The number of fused-ring (bicyclic) bond motifs is 1. The zero-order chi connectivity index (χ0) is 23.3. The maximum Gasteiger partial charge on any atom is 0.306 e. The first-order chi connectivity index (χ1) is 15.2. The second-order valence-electron chi connectivity index (χ2n) is 7.29. The third-order valence-corrected chi connectivity index (χ3v) is 4.93. The Morgan fingerprint density at radius 2 is 1.69 bits per heavy atom. The van der Waals surface area contributed by atoms with E-state index in [0.29, 0.717) is 35.3 Å². The van der Waals surface area contributed by atoms with Gasteiger partial charge in [0.2, 0.25) is 5.95 Å². The van der Waals surface area contributed by atoms with Crippen molar-refractivity contribution in [3.63, 3.8) is 0 Å². The van der Waals surface area contributed by atoms with Gasteiger partial charge in [-0.3, -0.25) is 14.4 Å². The van der Waals surface area contributed by atoms with Gasteiger partial charge in [-0.05, 0) is 24.8 Å². The number of aromatic nitrogens is 4. The van der Waals surface area contributed by atoms with Crippen molar-refractivity contribution in [2.24, 2.45) is 5.92 Å². The number of anilines is 2. The number of nitrogen functional groups attached to an aromatic ring is 2. The van der Waals surface area contributed by atoms with Crippen molar-refractivity contribution in [2.75, 3.05) is 11.5 Å². The number of hydrogen-bond acceptors (Lipinski definition) is 9. The second kappa shape index (κ2) is 9.77. The molecule has 0 spiro atoms. The van der Waals surface area contributed by atoms with Crippen molar-refractivity contribution in [1.82, 2.24) is 19.9 Å². The number of hydrogen-bond donors (Lipinski definition) is 4. The summed E-state index contributed by atoms with van der Waals surface area (Å²) >= 11 is 0. The van der Waals surface area contributed by atoms with Crippen molar-refractivity contribution < 1.29 is 24.6 Å². The minimum atomic E-state index is -1.18. The Hall–Kier alpha value is -4.15. The summed E-state index contributed by atoms with van der Waals surface area (Å²) < 4.78 is 0. The van der Waals surface area contributed by atoms with Crippen LogP contribution in [0.2, 0.25) is 0 Å².